The molecule has 0 bridgehead atoms. The zero-order valence-electron chi connectivity index (χ0n) is 23.4. The van der Waals surface area contributed by atoms with Gasteiger partial charge in [-0.15, -0.1) is 6.58 Å². The van der Waals surface area contributed by atoms with Gasteiger partial charge < -0.3 is 9.47 Å². The quantitative estimate of drug-likeness (QED) is 0.0707. The molecule has 4 aromatic rings. The topological polar surface area (TPSA) is 76.4 Å². The van der Waals surface area contributed by atoms with Crippen molar-refractivity contribution in [1.29, 1.82) is 5.26 Å². The lowest BCUT2D eigenvalue weighted by molar-refractivity contribution is -0.134. The van der Waals surface area contributed by atoms with Gasteiger partial charge in [-0.2, -0.15) is 5.26 Å². The summed E-state index contributed by atoms with van der Waals surface area (Å²) in [6.45, 7) is 3.76. The third-order valence-electron chi connectivity index (χ3n) is 6.77. The van der Waals surface area contributed by atoms with E-state index in [0.29, 0.717) is 41.7 Å². The molecule has 0 aliphatic carbocycles. The van der Waals surface area contributed by atoms with Crippen LogP contribution in [0.1, 0.15) is 49.7 Å². The monoisotopic (exact) mass is 561 g/mol. The van der Waals surface area contributed by atoms with Crippen LogP contribution in [0.25, 0.3) is 22.3 Å². The van der Waals surface area contributed by atoms with Crippen molar-refractivity contribution in [3.8, 4) is 39.8 Å². The van der Waals surface area contributed by atoms with Gasteiger partial charge >= 0.3 is 11.9 Å². The van der Waals surface area contributed by atoms with Crippen molar-refractivity contribution in [1.82, 2.24) is 0 Å². The molecule has 0 aliphatic rings. The smallest absolute Gasteiger partial charge is 0.311 e. The van der Waals surface area contributed by atoms with Gasteiger partial charge in [-0.25, -0.2) is 4.39 Å². The summed E-state index contributed by atoms with van der Waals surface area (Å²) in [7, 11) is 0. The molecule has 5 nitrogen and oxygen atoms in total. The molecule has 0 aliphatic heterocycles. The van der Waals surface area contributed by atoms with Gasteiger partial charge in [0, 0.05) is 24.5 Å². The Labute approximate surface area is 245 Å². The van der Waals surface area contributed by atoms with E-state index in [1.165, 1.54) is 11.6 Å². The second-order valence-corrected chi connectivity index (χ2v) is 9.89. The van der Waals surface area contributed by atoms with E-state index >= 15 is 0 Å². The van der Waals surface area contributed by atoms with Crippen LogP contribution in [-0.4, -0.2) is 11.9 Å². The highest BCUT2D eigenvalue weighted by Crippen LogP contribution is 2.27. The molecule has 4 aromatic carbocycles. The van der Waals surface area contributed by atoms with E-state index in [1.54, 1.807) is 48.5 Å². The molecule has 0 N–H and O–H groups in total. The molecule has 212 valence electrons. The molecule has 0 heterocycles. The maximum absolute atomic E-state index is 14.6. The van der Waals surface area contributed by atoms with Crippen LogP contribution in [0.4, 0.5) is 4.39 Å². The number of halogens is 1. The molecule has 4 rings (SSSR count). The lowest BCUT2D eigenvalue weighted by atomic mass is 10.0. The Morgan fingerprint density at radius 3 is 1.86 bits per heavy atom. The van der Waals surface area contributed by atoms with Crippen molar-refractivity contribution in [3.05, 3.63) is 121 Å². The van der Waals surface area contributed by atoms with Crippen molar-refractivity contribution in [2.24, 2.45) is 0 Å². The fourth-order valence-corrected chi connectivity index (χ4v) is 4.45. The van der Waals surface area contributed by atoms with E-state index in [9.17, 15) is 14.0 Å². The first-order chi connectivity index (χ1) is 20.4. The highest BCUT2D eigenvalue weighted by Gasteiger charge is 2.11. The average molecular weight is 562 g/mol. The number of nitrogens with zero attached hydrogens (tertiary/aromatic N) is 1. The summed E-state index contributed by atoms with van der Waals surface area (Å²) in [5.41, 5.74) is 4.88. The first-order valence-corrected chi connectivity index (χ1v) is 14.0. The van der Waals surface area contributed by atoms with Gasteiger partial charge in [-0.05, 0) is 84.3 Å². The van der Waals surface area contributed by atoms with E-state index in [-0.39, 0.29) is 24.6 Å². The molecule has 0 radical (unpaired) electrons. The number of unbranched alkanes of at least 4 members (excludes halogenated alkanes) is 2. The molecule has 6 heteroatoms. The summed E-state index contributed by atoms with van der Waals surface area (Å²) in [6, 6.07) is 28.7. The minimum Gasteiger partial charge on any atom is -0.427 e. The number of ether oxygens (including phenoxy) is 2. The fraction of sp³-hybridized carbons (Fsp3) is 0.194. The number of carbonyl (C=O) groups is 2. The van der Waals surface area contributed by atoms with Crippen LogP contribution in [0.2, 0.25) is 0 Å². The Kier molecular flexibility index (Phi) is 10.8. The van der Waals surface area contributed by atoms with Gasteiger partial charge in [0.05, 0.1) is 11.6 Å². The van der Waals surface area contributed by atoms with Crippen LogP contribution in [0.5, 0.6) is 11.5 Å². The van der Waals surface area contributed by atoms with E-state index < -0.39 is 11.8 Å². The number of aryl methyl sites for hydroxylation is 1. The lowest BCUT2D eigenvalue weighted by Gasteiger charge is -2.08. The van der Waals surface area contributed by atoms with E-state index in [4.69, 9.17) is 14.7 Å². The van der Waals surface area contributed by atoms with E-state index in [1.807, 2.05) is 24.3 Å². The number of hydrogen-bond donors (Lipinski definition) is 0. The SMILES string of the molecule is C=CCCc1ccc(-c2ccc(OC(=O)CCCCCC(=O)Oc3ccc(-c4ccc(C#N)cc4)c(F)c3)cc2)cc1. The predicted molar refractivity (Wildman–Crippen MR) is 161 cm³/mol. The minimum absolute atomic E-state index is 0.130. The second-order valence-electron chi connectivity index (χ2n) is 9.89. The molecule has 0 atom stereocenters. The van der Waals surface area contributed by atoms with Crippen molar-refractivity contribution in [2.75, 3.05) is 0 Å². The van der Waals surface area contributed by atoms with Gasteiger partial charge in [0.15, 0.2) is 0 Å². The lowest BCUT2D eigenvalue weighted by Crippen LogP contribution is -2.09. The van der Waals surface area contributed by atoms with Gasteiger partial charge in [-0.1, -0.05) is 61.0 Å². The minimum atomic E-state index is -0.522. The molecule has 0 fully saturated rings. The first kappa shape index (κ1) is 30.0. The van der Waals surface area contributed by atoms with Gasteiger partial charge in [0.1, 0.15) is 17.3 Å². The van der Waals surface area contributed by atoms with Crippen LogP contribution >= 0.6 is 0 Å². The molecule has 0 saturated carbocycles. The number of esters is 2. The molecule has 0 aromatic heterocycles. The van der Waals surface area contributed by atoms with Gasteiger partial charge in [-0.3, -0.25) is 9.59 Å². The van der Waals surface area contributed by atoms with Crippen LogP contribution in [0.3, 0.4) is 0 Å². The first-order valence-electron chi connectivity index (χ1n) is 14.0. The number of nitriles is 1. The van der Waals surface area contributed by atoms with Gasteiger partial charge in [0.25, 0.3) is 0 Å². The van der Waals surface area contributed by atoms with Crippen LogP contribution in [0, 0.1) is 17.1 Å². The number of rotatable bonds is 13. The predicted octanol–water partition coefficient (Wildman–Crippen LogP) is 8.61. The third kappa shape index (κ3) is 8.74. The number of allylic oxidation sites excluding steroid dienone is 1. The molecular weight excluding hydrogens is 529 g/mol. The summed E-state index contributed by atoms with van der Waals surface area (Å²) < 4.78 is 25.3. The Morgan fingerprint density at radius 1 is 0.738 bits per heavy atom. The zero-order valence-corrected chi connectivity index (χ0v) is 23.4. The Morgan fingerprint density at radius 2 is 1.29 bits per heavy atom. The highest BCUT2D eigenvalue weighted by molar-refractivity contribution is 5.74. The average Bonchev–Trinajstić information content (AvgIpc) is 3.01. The molecule has 0 unspecified atom stereocenters. The molecule has 0 saturated heterocycles. The van der Waals surface area contributed by atoms with E-state index in [0.717, 1.165) is 24.0 Å². The maximum Gasteiger partial charge on any atom is 0.311 e. The van der Waals surface area contributed by atoms with Crippen LogP contribution in [-0.2, 0) is 16.0 Å². The Balaban J connectivity index is 1.14. The van der Waals surface area contributed by atoms with Crippen molar-refractivity contribution in [2.45, 2.75) is 44.9 Å². The highest BCUT2D eigenvalue weighted by atomic mass is 19.1. The summed E-state index contributed by atoms with van der Waals surface area (Å²) >= 11 is 0. The fourth-order valence-electron chi connectivity index (χ4n) is 4.45. The molecule has 0 amide bonds. The largest absolute Gasteiger partial charge is 0.427 e. The van der Waals surface area contributed by atoms with E-state index in [2.05, 4.69) is 30.8 Å². The Hall–Kier alpha value is -5.02. The summed E-state index contributed by atoms with van der Waals surface area (Å²) in [4.78, 5) is 24.5. The van der Waals surface area contributed by atoms with Crippen molar-refractivity contribution < 1.29 is 23.5 Å². The van der Waals surface area contributed by atoms with Gasteiger partial charge in [0.2, 0.25) is 0 Å². The second kappa shape index (κ2) is 15.1. The zero-order chi connectivity index (χ0) is 29.7. The summed E-state index contributed by atoms with van der Waals surface area (Å²) in [5, 5.41) is 8.91. The molecule has 0 spiro atoms. The van der Waals surface area contributed by atoms with Crippen molar-refractivity contribution in [3.63, 3.8) is 0 Å². The number of carbonyl (C=O) groups excluding carboxylic acids is 2. The van der Waals surface area contributed by atoms with Crippen molar-refractivity contribution >= 4 is 11.9 Å². The molecule has 42 heavy (non-hydrogen) atoms. The number of benzene rings is 4. The standard InChI is InChI=1S/C36H32FNO4/c1-2-3-7-26-10-14-28(15-11-26)29-18-20-31(21-19-29)41-35(39)8-5-4-6-9-36(40)42-32-22-23-33(34(37)24-32)30-16-12-27(25-38)13-17-30/h2,10-24H,1,3-9H2. The van der Waals surface area contributed by atoms with Crippen LogP contribution in [0.15, 0.2) is 104 Å². The normalized spacial score (nSPS) is 10.5. The number of hydrogen-bond acceptors (Lipinski definition) is 5. The molecular formula is C36H32FNO4. The Bertz CT molecular complexity index is 1550. The summed E-state index contributed by atoms with van der Waals surface area (Å²) in [5.74, 6) is -0.687. The maximum atomic E-state index is 14.6. The third-order valence-corrected chi connectivity index (χ3v) is 6.77. The van der Waals surface area contributed by atoms with Crippen LogP contribution < -0.4 is 9.47 Å². The summed E-state index contributed by atoms with van der Waals surface area (Å²) in [6.07, 6.45) is 6.01.